The molecule has 18 heavy (non-hydrogen) atoms. The second kappa shape index (κ2) is 5.96. The van der Waals surface area contributed by atoms with Gasteiger partial charge in [0, 0.05) is 6.54 Å². The van der Waals surface area contributed by atoms with Gasteiger partial charge in [-0.3, -0.25) is 13.6 Å². The molecule has 1 aliphatic rings. The molecule has 0 aliphatic carbocycles. The van der Waals surface area contributed by atoms with Crippen LogP contribution in [0.3, 0.4) is 0 Å². The van der Waals surface area contributed by atoms with Crippen molar-refractivity contribution >= 4 is 17.7 Å². The number of aliphatic hydroxyl groups is 1. The first-order chi connectivity index (χ1) is 8.12. The van der Waals surface area contributed by atoms with Crippen molar-refractivity contribution in [3.05, 3.63) is 0 Å². The van der Waals surface area contributed by atoms with Gasteiger partial charge in [-0.2, -0.15) is 8.42 Å². The Hall–Kier alpha value is -0.0200. The van der Waals surface area contributed by atoms with Crippen molar-refractivity contribution in [2.45, 2.75) is 31.3 Å². The van der Waals surface area contributed by atoms with E-state index in [1.165, 1.54) is 0 Å². The van der Waals surface area contributed by atoms with Crippen molar-refractivity contribution in [3.8, 4) is 0 Å². The number of hydrogen-bond acceptors (Lipinski definition) is 6. The summed E-state index contributed by atoms with van der Waals surface area (Å²) in [7, 11) is -7.31. The van der Waals surface area contributed by atoms with Gasteiger partial charge < -0.3 is 14.9 Å². The monoisotopic (exact) mass is 303 g/mol. The van der Waals surface area contributed by atoms with Gasteiger partial charge in [-0.1, -0.05) is 0 Å². The van der Waals surface area contributed by atoms with Crippen LogP contribution < -0.4 is 0 Å². The zero-order valence-electron chi connectivity index (χ0n) is 9.97. The molecular formula is C8H18NO7PS. The third-order valence-corrected chi connectivity index (χ3v) is 5.15. The van der Waals surface area contributed by atoms with E-state index in [4.69, 9.17) is 19.1 Å². The summed E-state index contributed by atoms with van der Waals surface area (Å²) in [6.07, 6.45) is 1.67. The topological polar surface area (TPSA) is 124 Å². The lowest BCUT2D eigenvalue weighted by Crippen LogP contribution is -2.40. The van der Waals surface area contributed by atoms with Gasteiger partial charge in [0.15, 0.2) is 5.85 Å². The van der Waals surface area contributed by atoms with E-state index in [2.05, 4.69) is 0 Å². The SMILES string of the molecule is CN1CCCCC1OS(=O)(=O)CC(O)P(=O)(O)O. The molecule has 0 radical (unpaired) electrons. The molecule has 1 rings (SSSR count). The molecule has 8 nitrogen and oxygen atoms in total. The summed E-state index contributed by atoms with van der Waals surface area (Å²) in [6.45, 7) is 0.696. The quantitative estimate of drug-likeness (QED) is 0.448. The number of piperidine rings is 1. The maximum absolute atomic E-state index is 11.5. The van der Waals surface area contributed by atoms with Crippen LogP contribution in [0.1, 0.15) is 19.3 Å². The van der Waals surface area contributed by atoms with Crippen molar-refractivity contribution in [2.75, 3.05) is 19.3 Å². The van der Waals surface area contributed by atoms with Gasteiger partial charge >= 0.3 is 7.60 Å². The third kappa shape index (κ3) is 4.93. The number of hydrogen-bond donors (Lipinski definition) is 3. The standard InChI is InChI=1S/C8H18NO7PS/c1-9-5-3-2-4-7(9)16-18(14,15)6-8(10)17(11,12)13/h7-8,10H,2-6H2,1H3,(H2,11,12,13). The van der Waals surface area contributed by atoms with Crippen molar-refractivity contribution in [1.29, 1.82) is 0 Å². The zero-order valence-corrected chi connectivity index (χ0v) is 11.7. The Morgan fingerprint density at radius 3 is 2.56 bits per heavy atom. The molecule has 0 bridgehead atoms. The highest BCUT2D eigenvalue weighted by Gasteiger charge is 2.34. The molecule has 108 valence electrons. The first kappa shape index (κ1) is 16.0. The van der Waals surface area contributed by atoms with Crippen LogP contribution in [0.4, 0.5) is 0 Å². The zero-order chi connectivity index (χ0) is 14.0. The molecule has 1 heterocycles. The van der Waals surface area contributed by atoms with Gasteiger partial charge in [0.25, 0.3) is 10.1 Å². The van der Waals surface area contributed by atoms with E-state index in [-0.39, 0.29) is 0 Å². The molecule has 0 amide bonds. The molecule has 0 saturated carbocycles. The maximum atomic E-state index is 11.5. The number of nitrogens with zero attached hydrogens (tertiary/aromatic N) is 1. The van der Waals surface area contributed by atoms with Gasteiger partial charge in [-0.15, -0.1) is 0 Å². The fourth-order valence-corrected chi connectivity index (χ4v) is 4.00. The van der Waals surface area contributed by atoms with E-state index in [1.807, 2.05) is 0 Å². The Balaban J connectivity index is 2.62. The van der Waals surface area contributed by atoms with Crippen LogP contribution in [0, 0.1) is 0 Å². The van der Waals surface area contributed by atoms with Gasteiger partial charge in [0.1, 0.15) is 12.0 Å². The molecule has 2 unspecified atom stereocenters. The molecule has 0 spiro atoms. The third-order valence-electron chi connectivity index (χ3n) is 2.70. The smallest absolute Gasteiger partial charge is 0.354 e. The normalized spacial score (nSPS) is 25.0. The average molecular weight is 303 g/mol. The van der Waals surface area contributed by atoms with Gasteiger partial charge in [0.05, 0.1) is 0 Å². The fraction of sp³-hybridized carbons (Fsp3) is 1.00. The summed E-state index contributed by atoms with van der Waals surface area (Å²) < 4.78 is 38.6. The molecule has 0 aromatic rings. The van der Waals surface area contributed by atoms with Crippen molar-refractivity contribution in [1.82, 2.24) is 4.90 Å². The number of likely N-dealkylation sites (tertiary alicyclic amines) is 1. The number of rotatable bonds is 5. The molecule has 0 aromatic heterocycles. The molecule has 1 fully saturated rings. The summed E-state index contributed by atoms with van der Waals surface area (Å²) in [5.74, 6) is -3.36. The van der Waals surface area contributed by atoms with E-state index in [9.17, 15) is 13.0 Å². The Labute approximate surface area is 106 Å². The van der Waals surface area contributed by atoms with Crippen LogP contribution in [0.2, 0.25) is 0 Å². The van der Waals surface area contributed by atoms with Crippen LogP contribution in [-0.4, -0.2) is 59.6 Å². The van der Waals surface area contributed by atoms with Crippen LogP contribution >= 0.6 is 7.60 Å². The molecule has 0 aromatic carbocycles. The van der Waals surface area contributed by atoms with Crippen molar-refractivity contribution in [3.63, 3.8) is 0 Å². The van der Waals surface area contributed by atoms with E-state index >= 15 is 0 Å². The highest BCUT2D eigenvalue weighted by Crippen LogP contribution is 2.40. The molecule has 2 atom stereocenters. The first-order valence-electron chi connectivity index (χ1n) is 5.46. The van der Waals surface area contributed by atoms with Crippen molar-refractivity contribution in [2.24, 2.45) is 0 Å². The molecular weight excluding hydrogens is 285 g/mol. The second-order valence-electron chi connectivity index (χ2n) is 4.32. The Kier molecular flexibility index (Phi) is 5.31. The maximum Gasteiger partial charge on any atom is 0.354 e. The van der Waals surface area contributed by atoms with Crippen LogP contribution in [0.15, 0.2) is 0 Å². The summed E-state index contributed by atoms with van der Waals surface area (Å²) >= 11 is 0. The van der Waals surface area contributed by atoms with E-state index in [0.717, 1.165) is 12.8 Å². The lowest BCUT2D eigenvalue weighted by Gasteiger charge is -2.31. The van der Waals surface area contributed by atoms with Crippen LogP contribution in [0.5, 0.6) is 0 Å². The summed E-state index contributed by atoms with van der Waals surface area (Å²) in [5.41, 5.74) is 0. The Morgan fingerprint density at radius 2 is 2.06 bits per heavy atom. The van der Waals surface area contributed by atoms with Gasteiger partial charge in [0.2, 0.25) is 0 Å². The summed E-state index contributed by atoms with van der Waals surface area (Å²) in [4.78, 5) is 19.0. The lowest BCUT2D eigenvalue weighted by atomic mass is 10.1. The van der Waals surface area contributed by atoms with Gasteiger partial charge in [-0.05, 0) is 26.3 Å². The lowest BCUT2D eigenvalue weighted by molar-refractivity contribution is 0.0196. The van der Waals surface area contributed by atoms with Crippen molar-refractivity contribution < 1.29 is 32.1 Å². The predicted octanol–water partition coefficient (Wildman–Crippen LogP) is -0.729. The molecule has 1 aliphatic heterocycles. The minimum Gasteiger partial charge on any atom is -0.379 e. The van der Waals surface area contributed by atoms with E-state index in [0.29, 0.717) is 13.0 Å². The highest BCUT2D eigenvalue weighted by atomic mass is 32.2. The Morgan fingerprint density at radius 1 is 1.44 bits per heavy atom. The first-order valence-corrected chi connectivity index (χ1v) is 8.72. The number of aliphatic hydroxyl groups excluding tert-OH is 1. The van der Waals surface area contributed by atoms with Crippen LogP contribution in [0.25, 0.3) is 0 Å². The minimum absolute atomic E-state index is 0.529. The predicted molar refractivity (Wildman–Crippen MR) is 63.2 cm³/mol. The van der Waals surface area contributed by atoms with Crippen LogP contribution in [-0.2, 0) is 18.9 Å². The largest absolute Gasteiger partial charge is 0.379 e. The minimum atomic E-state index is -4.84. The summed E-state index contributed by atoms with van der Waals surface area (Å²) in [5, 5.41) is 9.08. The second-order valence-corrected chi connectivity index (χ2v) is 7.74. The fourth-order valence-electron chi connectivity index (χ4n) is 1.65. The Bertz CT molecular complexity index is 419. The van der Waals surface area contributed by atoms with E-state index < -0.39 is 35.5 Å². The van der Waals surface area contributed by atoms with E-state index in [1.54, 1.807) is 11.9 Å². The summed E-state index contributed by atoms with van der Waals surface area (Å²) in [6, 6.07) is 0. The molecule has 3 N–H and O–H groups in total. The molecule has 10 heteroatoms. The highest BCUT2D eigenvalue weighted by molar-refractivity contribution is 7.87. The van der Waals surface area contributed by atoms with Gasteiger partial charge in [-0.25, -0.2) is 0 Å². The molecule has 1 saturated heterocycles. The average Bonchev–Trinajstić information content (AvgIpc) is 2.19.